The summed E-state index contributed by atoms with van der Waals surface area (Å²) in [4.78, 5) is 28.6. The number of rotatable bonds is 5. The minimum atomic E-state index is -0.771. The smallest absolute Gasteiger partial charge is 0.317 e. The summed E-state index contributed by atoms with van der Waals surface area (Å²) in [7, 11) is 0. The van der Waals surface area contributed by atoms with Crippen molar-refractivity contribution in [3.8, 4) is 0 Å². The number of aromatic nitrogens is 1. The maximum atomic E-state index is 12.0. The van der Waals surface area contributed by atoms with E-state index in [9.17, 15) is 9.59 Å². The molecule has 1 aliphatic heterocycles. The molecule has 7 heteroatoms. The summed E-state index contributed by atoms with van der Waals surface area (Å²) in [6.45, 7) is 3.73. The number of aryl methyl sites for hydroxylation is 1. The highest BCUT2D eigenvalue weighted by molar-refractivity contribution is 7.09. The fraction of sp³-hybridized carbons (Fsp3) is 0.615. The summed E-state index contributed by atoms with van der Waals surface area (Å²) in [5.74, 6) is -0.467. The SMILES string of the molecule is Cc1nc(CNC(=O)N2CCC(CCC(=O)O)C2)cs1. The van der Waals surface area contributed by atoms with E-state index in [1.165, 1.54) is 0 Å². The topological polar surface area (TPSA) is 82.5 Å². The fourth-order valence-electron chi connectivity index (χ4n) is 2.35. The first kappa shape index (κ1) is 14.8. The zero-order valence-corrected chi connectivity index (χ0v) is 12.3. The van der Waals surface area contributed by atoms with Gasteiger partial charge >= 0.3 is 12.0 Å². The number of likely N-dealkylation sites (tertiary alicyclic amines) is 1. The van der Waals surface area contributed by atoms with Crippen LogP contribution in [0.1, 0.15) is 30.0 Å². The average molecular weight is 297 g/mol. The van der Waals surface area contributed by atoms with E-state index in [4.69, 9.17) is 5.11 Å². The van der Waals surface area contributed by atoms with Crippen LogP contribution in [-0.2, 0) is 11.3 Å². The lowest BCUT2D eigenvalue weighted by Gasteiger charge is -2.16. The van der Waals surface area contributed by atoms with Crippen LogP contribution in [0.3, 0.4) is 0 Å². The molecular weight excluding hydrogens is 278 g/mol. The second kappa shape index (κ2) is 6.69. The molecule has 0 bridgehead atoms. The predicted octanol–water partition coefficient (Wildman–Crippen LogP) is 1.85. The highest BCUT2D eigenvalue weighted by Gasteiger charge is 2.26. The van der Waals surface area contributed by atoms with E-state index in [0.717, 1.165) is 17.1 Å². The Morgan fingerprint density at radius 2 is 2.40 bits per heavy atom. The molecule has 0 saturated carbocycles. The predicted molar refractivity (Wildman–Crippen MR) is 75.6 cm³/mol. The number of carbonyl (C=O) groups excluding carboxylic acids is 1. The highest BCUT2D eigenvalue weighted by Crippen LogP contribution is 2.21. The Bertz CT molecular complexity index is 489. The summed E-state index contributed by atoms with van der Waals surface area (Å²) < 4.78 is 0. The number of hydrogen-bond acceptors (Lipinski definition) is 4. The Kier molecular flexibility index (Phi) is 4.94. The number of nitrogens with one attached hydrogen (secondary N) is 1. The Labute approximate surface area is 121 Å². The molecule has 0 aromatic carbocycles. The molecule has 20 heavy (non-hydrogen) atoms. The molecule has 1 saturated heterocycles. The zero-order chi connectivity index (χ0) is 14.5. The molecule has 2 amide bonds. The van der Waals surface area contributed by atoms with Gasteiger partial charge in [0.1, 0.15) is 0 Å². The highest BCUT2D eigenvalue weighted by atomic mass is 32.1. The van der Waals surface area contributed by atoms with Crippen molar-refractivity contribution < 1.29 is 14.7 Å². The van der Waals surface area contributed by atoms with Crippen LogP contribution in [-0.4, -0.2) is 40.1 Å². The van der Waals surface area contributed by atoms with Crippen molar-refractivity contribution >= 4 is 23.3 Å². The standard InChI is InChI=1S/C13H19N3O3S/c1-9-15-11(8-20-9)6-14-13(19)16-5-4-10(7-16)2-3-12(17)18/h8,10H,2-7H2,1H3,(H,14,19)(H,17,18). The van der Waals surface area contributed by atoms with Crippen molar-refractivity contribution in [1.82, 2.24) is 15.2 Å². The molecule has 2 rings (SSSR count). The van der Waals surface area contributed by atoms with Crippen LogP contribution in [0.2, 0.25) is 0 Å². The van der Waals surface area contributed by atoms with Crippen molar-refractivity contribution in [2.75, 3.05) is 13.1 Å². The van der Waals surface area contributed by atoms with Gasteiger partial charge < -0.3 is 15.3 Å². The molecule has 1 aliphatic rings. The number of thiazole rings is 1. The molecule has 1 unspecified atom stereocenters. The molecule has 1 fully saturated rings. The van der Waals surface area contributed by atoms with E-state index in [1.807, 2.05) is 12.3 Å². The molecule has 2 N–H and O–H groups in total. The molecule has 6 nitrogen and oxygen atoms in total. The number of nitrogens with zero attached hydrogens (tertiary/aromatic N) is 2. The maximum Gasteiger partial charge on any atom is 0.317 e. The molecule has 0 spiro atoms. The molecule has 1 aromatic heterocycles. The lowest BCUT2D eigenvalue weighted by molar-refractivity contribution is -0.137. The van der Waals surface area contributed by atoms with Gasteiger partial charge in [-0.25, -0.2) is 9.78 Å². The van der Waals surface area contributed by atoms with Gasteiger partial charge in [-0.15, -0.1) is 11.3 Å². The first-order valence-electron chi connectivity index (χ1n) is 6.70. The molecule has 0 radical (unpaired) electrons. The van der Waals surface area contributed by atoms with E-state index < -0.39 is 5.97 Å². The molecule has 110 valence electrons. The third-order valence-electron chi connectivity index (χ3n) is 3.43. The van der Waals surface area contributed by atoms with Gasteiger partial charge in [-0.05, 0) is 25.7 Å². The van der Waals surface area contributed by atoms with Crippen LogP contribution >= 0.6 is 11.3 Å². The third kappa shape index (κ3) is 4.19. The summed E-state index contributed by atoms with van der Waals surface area (Å²) in [6.07, 6.45) is 1.71. The van der Waals surface area contributed by atoms with Gasteiger partial charge in [0.05, 0.1) is 17.2 Å². The van der Waals surface area contributed by atoms with Crippen molar-refractivity contribution in [3.05, 3.63) is 16.1 Å². The van der Waals surface area contributed by atoms with E-state index in [0.29, 0.717) is 32.0 Å². The van der Waals surface area contributed by atoms with Crippen LogP contribution in [0, 0.1) is 12.8 Å². The summed E-state index contributed by atoms with van der Waals surface area (Å²) in [5, 5.41) is 14.4. The van der Waals surface area contributed by atoms with Crippen LogP contribution in [0.15, 0.2) is 5.38 Å². The first-order chi connectivity index (χ1) is 9.54. The van der Waals surface area contributed by atoms with E-state index in [1.54, 1.807) is 16.2 Å². The van der Waals surface area contributed by atoms with E-state index >= 15 is 0 Å². The number of aliphatic carboxylic acids is 1. The zero-order valence-electron chi connectivity index (χ0n) is 11.5. The van der Waals surface area contributed by atoms with Gasteiger partial charge in [-0.2, -0.15) is 0 Å². The number of amides is 2. The molecule has 0 aliphatic carbocycles. The average Bonchev–Trinajstić information content (AvgIpc) is 3.02. The van der Waals surface area contributed by atoms with Crippen molar-refractivity contribution in [2.24, 2.45) is 5.92 Å². The van der Waals surface area contributed by atoms with Crippen LogP contribution in [0.4, 0.5) is 4.79 Å². The Morgan fingerprint density at radius 1 is 1.60 bits per heavy atom. The Morgan fingerprint density at radius 3 is 3.05 bits per heavy atom. The van der Waals surface area contributed by atoms with E-state index in [2.05, 4.69) is 10.3 Å². The second-order valence-electron chi connectivity index (χ2n) is 5.05. The summed E-state index contributed by atoms with van der Waals surface area (Å²) in [5.41, 5.74) is 0.877. The molecule has 2 heterocycles. The van der Waals surface area contributed by atoms with Gasteiger partial charge in [0.15, 0.2) is 0 Å². The number of hydrogen-bond donors (Lipinski definition) is 2. The normalized spacial score (nSPS) is 18.2. The second-order valence-corrected chi connectivity index (χ2v) is 6.11. The molecule has 1 aromatic rings. The van der Waals surface area contributed by atoms with Gasteiger partial charge in [-0.1, -0.05) is 0 Å². The van der Waals surface area contributed by atoms with Crippen LogP contribution < -0.4 is 5.32 Å². The van der Waals surface area contributed by atoms with Crippen molar-refractivity contribution in [2.45, 2.75) is 32.7 Å². The van der Waals surface area contributed by atoms with Crippen LogP contribution in [0.5, 0.6) is 0 Å². The first-order valence-corrected chi connectivity index (χ1v) is 7.58. The largest absolute Gasteiger partial charge is 0.481 e. The lowest BCUT2D eigenvalue weighted by Crippen LogP contribution is -2.38. The van der Waals surface area contributed by atoms with Crippen molar-refractivity contribution in [1.29, 1.82) is 0 Å². The van der Waals surface area contributed by atoms with Gasteiger partial charge in [0, 0.05) is 24.9 Å². The number of urea groups is 1. The number of carboxylic acids is 1. The maximum absolute atomic E-state index is 12.0. The van der Waals surface area contributed by atoms with Crippen molar-refractivity contribution in [3.63, 3.8) is 0 Å². The van der Waals surface area contributed by atoms with Gasteiger partial charge in [0.2, 0.25) is 0 Å². The van der Waals surface area contributed by atoms with Gasteiger partial charge in [-0.3, -0.25) is 4.79 Å². The van der Waals surface area contributed by atoms with E-state index in [-0.39, 0.29) is 12.5 Å². The summed E-state index contributed by atoms with van der Waals surface area (Å²) >= 11 is 1.57. The minimum Gasteiger partial charge on any atom is -0.481 e. The summed E-state index contributed by atoms with van der Waals surface area (Å²) in [6, 6.07) is -0.0894. The van der Waals surface area contributed by atoms with Crippen LogP contribution in [0.25, 0.3) is 0 Å². The van der Waals surface area contributed by atoms with Gasteiger partial charge in [0.25, 0.3) is 0 Å². The third-order valence-corrected chi connectivity index (χ3v) is 4.25. The Hall–Kier alpha value is -1.63. The number of carboxylic acid groups (broad SMARTS) is 1. The molecule has 1 atom stereocenters. The monoisotopic (exact) mass is 297 g/mol. The lowest BCUT2D eigenvalue weighted by atomic mass is 10.0. The Balaban J connectivity index is 1.72. The number of carbonyl (C=O) groups is 2. The molecular formula is C13H19N3O3S. The fourth-order valence-corrected chi connectivity index (χ4v) is 2.96. The quantitative estimate of drug-likeness (QED) is 0.869. The minimum absolute atomic E-state index is 0.0894.